The van der Waals surface area contributed by atoms with Gasteiger partial charge in [0.15, 0.2) is 0 Å². The van der Waals surface area contributed by atoms with E-state index in [2.05, 4.69) is 0 Å². The van der Waals surface area contributed by atoms with Gasteiger partial charge < -0.3 is 15.4 Å². The Morgan fingerprint density at radius 3 is 2.94 bits per heavy atom. The number of carbonyl (C=O) groups excluding carboxylic acids is 2. The van der Waals surface area contributed by atoms with Crippen LogP contribution in [0.3, 0.4) is 0 Å². The van der Waals surface area contributed by atoms with Crippen LogP contribution in [0.15, 0.2) is 24.3 Å². The molecule has 0 bridgehead atoms. The van der Waals surface area contributed by atoms with Crippen molar-refractivity contribution in [3.63, 3.8) is 0 Å². The SMILES string of the molecule is COc1ccccc1[C@H]1SCC(=O)N1CC(N)=O. The van der Waals surface area contributed by atoms with Crippen LogP contribution < -0.4 is 10.5 Å². The highest BCUT2D eigenvalue weighted by Crippen LogP contribution is 2.41. The van der Waals surface area contributed by atoms with Gasteiger partial charge in [-0.15, -0.1) is 11.8 Å². The maximum atomic E-state index is 11.7. The van der Waals surface area contributed by atoms with Crippen molar-refractivity contribution in [3.8, 4) is 5.75 Å². The summed E-state index contributed by atoms with van der Waals surface area (Å²) in [6, 6.07) is 7.47. The van der Waals surface area contributed by atoms with Crippen LogP contribution in [0.4, 0.5) is 0 Å². The van der Waals surface area contributed by atoms with Gasteiger partial charge in [0.1, 0.15) is 17.7 Å². The van der Waals surface area contributed by atoms with E-state index < -0.39 is 5.91 Å². The molecule has 1 aromatic rings. The molecule has 18 heavy (non-hydrogen) atoms. The fourth-order valence-corrected chi connectivity index (χ4v) is 3.13. The zero-order valence-corrected chi connectivity index (χ0v) is 10.8. The van der Waals surface area contributed by atoms with Gasteiger partial charge in [-0.05, 0) is 6.07 Å². The number of primary amides is 1. The molecule has 2 amide bonds. The van der Waals surface area contributed by atoms with Gasteiger partial charge in [0.05, 0.1) is 12.9 Å². The smallest absolute Gasteiger partial charge is 0.237 e. The molecule has 96 valence electrons. The van der Waals surface area contributed by atoms with E-state index in [4.69, 9.17) is 10.5 Å². The summed E-state index contributed by atoms with van der Waals surface area (Å²) in [5.74, 6) is 0.482. The van der Waals surface area contributed by atoms with Gasteiger partial charge in [-0.2, -0.15) is 0 Å². The zero-order chi connectivity index (χ0) is 13.1. The predicted molar refractivity (Wildman–Crippen MR) is 69.1 cm³/mol. The summed E-state index contributed by atoms with van der Waals surface area (Å²) in [5.41, 5.74) is 6.06. The van der Waals surface area contributed by atoms with Crippen LogP contribution in [0, 0.1) is 0 Å². The lowest BCUT2D eigenvalue weighted by molar-refractivity contribution is -0.132. The number of carbonyl (C=O) groups is 2. The van der Waals surface area contributed by atoms with E-state index in [1.54, 1.807) is 7.11 Å². The molecule has 1 heterocycles. The summed E-state index contributed by atoms with van der Waals surface area (Å²) in [6.07, 6.45) is 0. The lowest BCUT2D eigenvalue weighted by Crippen LogP contribution is -2.36. The number of methoxy groups -OCH3 is 1. The second kappa shape index (κ2) is 5.30. The van der Waals surface area contributed by atoms with Crippen molar-refractivity contribution < 1.29 is 14.3 Å². The summed E-state index contributed by atoms with van der Waals surface area (Å²) in [6.45, 7) is -0.0610. The van der Waals surface area contributed by atoms with E-state index in [9.17, 15) is 9.59 Å². The first-order valence-corrected chi connectivity index (χ1v) is 6.50. The average Bonchev–Trinajstić information content (AvgIpc) is 2.70. The van der Waals surface area contributed by atoms with Crippen LogP contribution in [0.25, 0.3) is 0 Å². The first-order valence-electron chi connectivity index (χ1n) is 5.45. The molecule has 0 unspecified atom stereocenters. The Kier molecular flexibility index (Phi) is 3.76. The highest BCUT2D eigenvalue weighted by molar-refractivity contribution is 8.00. The van der Waals surface area contributed by atoms with Crippen LogP contribution >= 0.6 is 11.8 Å². The number of ether oxygens (including phenoxy) is 1. The standard InChI is InChI=1S/C12H14N2O3S/c1-17-9-5-3-2-4-8(9)12-14(6-10(13)15)11(16)7-18-12/h2-5,12H,6-7H2,1H3,(H2,13,15)/t12-/m1/s1. The lowest BCUT2D eigenvalue weighted by Gasteiger charge is -2.24. The Labute approximate surface area is 109 Å². The number of nitrogens with two attached hydrogens (primary N) is 1. The van der Waals surface area contributed by atoms with Gasteiger partial charge in [0, 0.05) is 5.56 Å². The van der Waals surface area contributed by atoms with Crippen molar-refractivity contribution in [2.24, 2.45) is 5.73 Å². The number of thioether (sulfide) groups is 1. The van der Waals surface area contributed by atoms with Crippen molar-refractivity contribution in [3.05, 3.63) is 29.8 Å². The Morgan fingerprint density at radius 1 is 1.56 bits per heavy atom. The van der Waals surface area contributed by atoms with E-state index in [0.29, 0.717) is 11.5 Å². The zero-order valence-electron chi connectivity index (χ0n) is 9.96. The van der Waals surface area contributed by atoms with Gasteiger partial charge in [0.2, 0.25) is 11.8 Å². The maximum absolute atomic E-state index is 11.7. The molecule has 0 saturated carbocycles. The van der Waals surface area contributed by atoms with Gasteiger partial charge in [-0.1, -0.05) is 18.2 Å². The molecule has 1 aliphatic rings. The van der Waals surface area contributed by atoms with Crippen molar-refractivity contribution in [2.45, 2.75) is 5.37 Å². The maximum Gasteiger partial charge on any atom is 0.237 e. The van der Waals surface area contributed by atoms with E-state index in [0.717, 1.165) is 5.56 Å². The molecule has 5 nitrogen and oxygen atoms in total. The molecule has 1 fully saturated rings. The molecule has 0 aliphatic carbocycles. The molecule has 1 saturated heterocycles. The summed E-state index contributed by atoms with van der Waals surface area (Å²) < 4.78 is 5.28. The first kappa shape index (κ1) is 12.8. The Morgan fingerprint density at radius 2 is 2.28 bits per heavy atom. The number of nitrogens with zero attached hydrogens (tertiary/aromatic N) is 1. The van der Waals surface area contributed by atoms with Gasteiger partial charge in [-0.25, -0.2) is 0 Å². The highest BCUT2D eigenvalue weighted by Gasteiger charge is 2.35. The Balaban J connectivity index is 2.31. The van der Waals surface area contributed by atoms with Gasteiger partial charge in [0.25, 0.3) is 0 Å². The molecule has 0 radical (unpaired) electrons. The molecule has 6 heteroatoms. The van der Waals surface area contributed by atoms with Crippen molar-refractivity contribution in [2.75, 3.05) is 19.4 Å². The van der Waals surface area contributed by atoms with E-state index in [-0.39, 0.29) is 17.8 Å². The van der Waals surface area contributed by atoms with Crippen LogP contribution in [0.1, 0.15) is 10.9 Å². The number of rotatable bonds is 4. The van der Waals surface area contributed by atoms with Gasteiger partial charge in [-0.3, -0.25) is 9.59 Å². The second-order valence-corrected chi connectivity index (χ2v) is 4.96. The average molecular weight is 266 g/mol. The highest BCUT2D eigenvalue weighted by atomic mass is 32.2. The number of hydrogen-bond donors (Lipinski definition) is 1. The van der Waals surface area contributed by atoms with Gasteiger partial charge >= 0.3 is 0 Å². The van der Waals surface area contributed by atoms with Crippen LogP contribution in [0.5, 0.6) is 5.75 Å². The van der Waals surface area contributed by atoms with E-state index in [1.165, 1.54) is 16.7 Å². The quantitative estimate of drug-likeness (QED) is 0.873. The van der Waals surface area contributed by atoms with E-state index >= 15 is 0 Å². The third-order valence-corrected chi connectivity index (χ3v) is 3.94. The predicted octanol–water partition coefficient (Wildman–Crippen LogP) is 0.754. The first-order chi connectivity index (χ1) is 8.63. The lowest BCUT2D eigenvalue weighted by atomic mass is 10.2. The molecule has 1 aromatic carbocycles. The normalized spacial score (nSPS) is 19.1. The minimum absolute atomic E-state index is 0.0610. The minimum Gasteiger partial charge on any atom is -0.496 e. The molecule has 2 rings (SSSR count). The Hall–Kier alpha value is -1.69. The third-order valence-electron chi connectivity index (χ3n) is 2.70. The van der Waals surface area contributed by atoms with Crippen molar-refractivity contribution in [1.82, 2.24) is 4.90 Å². The van der Waals surface area contributed by atoms with Crippen LogP contribution in [-0.4, -0.2) is 36.1 Å². The summed E-state index contributed by atoms with van der Waals surface area (Å²) >= 11 is 1.47. The number of benzene rings is 1. The van der Waals surface area contributed by atoms with Crippen molar-refractivity contribution >= 4 is 23.6 Å². The molecular formula is C12H14N2O3S. The molecule has 1 aliphatic heterocycles. The molecule has 1 atom stereocenters. The third kappa shape index (κ3) is 2.43. The topological polar surface area (TPSA) is 72.6 Å². The molecular weight excluding hydrogens is 252 g/mol. The van der Waals surface area contributed by atoms with Crippen LogP contribution in [-0.2, 0) is 9.59 Å². The molecule has 0 aromatic heterocycles. The minimum atomic E-state index is -0.509. The summed E-state index contributed by atoms with van der Waals surface area (Å²) in [5, 5.41) is -0.207. The van der Waals surface area contributed by atoms with Crippen molar-refractivity contribution in [1.29, 1.82) is 0 Å². The number of hydrogen-bond acceptors (Lipinski definition) is 4. The summed E-state index contributed by atoms with van der Waals surface area (Å²) in [7, 11) is 1.58. The molecule has 0 spiro atoms. The number of para-hydroxylation sites is 1. The second-order valence-electron chi connectivity index (χ2n) is 3.89. The molecule has 2 N–H and O–H groups in total. The largest absolute Gasteiger partial charge is 0.496 e. The Bertz CT molecular complexity index is 478. The fourth-order valence-electron chi connectivity index (χ4n) is 1.92. The monoisotopic (exact) mass is 266 g/mol. The number of amides is 2. The summed E-state index contributed by atoms with van der Waals surface area (Å²) in [4.78, 5) is 24.3. The van der Waals surface area contributed by atoms with Crippen LogP contribution in [0.2, 0.25) is 0 Å². The van der Waals surface area contributed by atoms with E-state index in [1.807, 2.05) is 24.3 Å². The fraction of sp³-hybridized carbons (Fsp3) is 0.333.